The van der Waals surface area contributed by atoms with Crippen LogP contribution in [0, 0.1) is 6.92 Å². The number of aryl methyl sites for hydroxylation is 1. The molecule has 0 fully saturated rings. The molecule has 8 nitrogen and oxygen atoms in total. The number of likely N-dealkylation sites (N-methyl/N-ethyl adjacent to an activating group) is 1. The van der Waals surface area contributed by atoms with Crippen LogP contribution in [0.3, 0.4) is 0 Å². The van der Waals surface area contributed by atoms with Crippen molar-refractivity contribution in [1.82, 2.24) is 14.5 Å². The van der Waals surface area contributed by atoms with Gasteiger partial charge in [0.2, 0.25) is 15.9 Å². The van der Waals surface area contributed by atoms with Crippen molar-refractivity contribution in [2.45, 2.75) is 38.6 Å². The second-order valence-corrected chi connectivity index (χ2v) is 10.6. The number of esters is 1. The van der Waals surface area contributed by atoms with E-state index in [1.165, 1.54) is 10.4 Å². The lowest BCUT2D eigenvalue weighted by atomic mass is 9.97. The summed E-state index contributed by atoms with van der Waals surface area (Å²) in [4.78, 5) is 27.7. The predicted octanol–water partition coefficient (Wildman–Crippen LogP) is 3.36. The fourth-order valence-corrected chi connectivity index (χ4v) is 5.74. The Kier molecular flexibility index (Phi) is 9.79. The average molecular weight is 526 g/mol. The molecule has 1 aliphatic rings. The molecule has 0 saturated carbocycles. The summed E-state index contributed by atoms with van der Waals surface area (Å²) < 4.78 is 34.1. The van der Waals surface area contributed by atoms with Gasteiger partial charge >= 0.3 is 5.97 Å². The van der Waals surface area contributed by atoms with Crippen molar-refractivity contribution in [3.05, 3.63) is 83.6 Å². The molecule has 0 aromatic heterocycles. The molecular weight excluding hydrogens is 490 g/mol. The number of nitrogens with one attached hydrogen (secondary N) is 1. The summed E-state index contributed by atoms with van der Waals surface area (Å²) >= 11 is 0. The van der Waals surface area contributed by atoms with E-state index in [-0.39, 0.29) is 36.2 Å². The van der Waals surface area contributed by atoms with Crippen molar-refractivity contribution < 1.29 is 22.7 Å². The van der Waals surface area contributed by atoms with Crippen LogP contribution in [0.2, 0.25) is 0 Å². The monoisotopic (exact) mass is 525 g/mol. The van der Waals surface area contributed by atoms with Gasteiger partial charge in [0.15, 0.2) is 0 Å². The van der Waals surface area contributed by atoms with Gasteiger partial charge in [0.05, 0.1) is 24.1 Å². The lowest BCUT2D eigenvalue weighted by Gasteiger charge is -2.30. The minimum Gasteiger partial charge on any atom is -0.463 e. The Bertz CT molecular complexity index is 1250. The number of carbonyl (C=O) groups is 2. The van der Waals surface area contributed by atoms with Crippen LogP contribution in [-0.2, 0) is 24.3 Å². The van der Waals surface area contributed by atoms with Crippen LogP contribution < -0.4 is 5.32 Å². The van der Waals surface area contributed by atoms with E-state index >= 15 is 0 Å². The highest BCUT2D eigenvalue weighted by atomic mass is 32.2. The summed E-state index contributed by atoms with van der Waals surface area (Å²) in [5.41, 5.74) is 2.56. The van der Waals surface area contributed by atoms with Gasteiger partial charge in [-0.25, -0.2) is 13.2 Å². The standard InChI is InChI=1S/C28H35N3O5S/c1-5-30(6-2)20-26(32)29-25(19-27(33)36-7-3)28-24(22-11-9-8-10-12-22)17-18-31(28)37(34,35)23-15-13-21(4)14-16-23/h8-17,19,28H,5-7,18,20H2,1-4H3,(H,29,32)/b25-19-. The van der Waals surface area contributed by atoms with E-state index < -0.39 is 22.0 Å². The minimum atomic E-state index is -3.98. The topological polar surface area (TPSA) is 96.0 Å². The van der Waals surface area contributed by atoms with Gasteiger partial charge in [-0.05, 0) is 50.2 Å². The van der Waals surface area contributed by atoms with E-state index in [0.717, 1.165) is 11.1 Å². The first kappa shape index (κ1) is 28.3. The molecule has 1 aliphatic heterocycles. The molecule has 1 unspecified atom stereocenters. The molecule has 1 heterocycles. The van der Waals surface area contributed by atoms with E-state index in [2.05, 4.69) is 5.32 Å². The Morgan fingerprint density at radius 3 is 2.30 bits per heavy atom. The summed E-state index contributed by atoms with van der Waals surface area (Å²) in [6.45, 7) is 9.16. The fourth-order valence-electron chi connectivity index (χ4n) is 4.22. The van der Waals surface area contributed by atoms with Crippen LogP contribution in [0.15, 0.2) is 77.3 Å². The van der Waals surface area contributed by atoms with E-state index in [4.69, 9.17) is 4.74 Å². The van der Waals surface area contributed by atoms with Gasteiger partial charge in [-0.15, -0.1) is 0 Å². The molecule has 3 rings (SSSR count). The largest absolute Gasteiger partial charge is 0.463 e. The number of benzene rings is 2. The number of ether oxygens (including phenoxy) is 1. The van der Waals surface area contributed by atoms with Crippen molar-refractivity contribution in [3.8, 4) is 0 Å². The molecule has 1 amide bonds. The summed E-state index contributed by atoms with van der Waals surface area (Å²) in [6.07, 6.45) is 3.01. The van der Waals surface area contributed by atoms with E-state index in [0.29, 0.717) is 18.7 Å². The van der Waals surface area contributed by atoms with E-state index in [9.17, 15) is 18.0 Å². The second-order valence-electron chi connectivity index (χ2n) is 8.68. The average Bonchev–Trinajstić information content (AvgIpc) is 3.34. The highest BCUT2D eigenvalue weighted by Gasteiger charge is 2.40. The Morgan fingerprint density at radius 2 is 1.70 bits per heavy atom. The maximum absolute atomic E-state index is 13.8. The molecule has 9 heteroatoms. The number of hydrogen-bond donors (Lipinski definition) is 1. The van der Waals surface area contributed by atoms with Gasteiger partial charge in [-0.1, -0.05) is 68.0 Å². The summed E-state index contributed by atoms with van der Waals surface area (Å²) in [7, 11) is -3.98. The number of hydrogen-bond acceptors (Lipinski definition) is 6. The van der Waals surface area contributed by atoms with Gasteiger partial charge in [0.1, 0.15) is 0 Å². The molecule has 2 aromatic rings. The molecule has 0 radical (unpaired) electrons. The Balaban J connectivity index is 2.10. The highest BCUT2D eigenvalue weighted by Crippen LogP contribution is 2.35. The van der Waals surface area contributed by atoms with Crippen LogP contribution in [0.4, 0.5) is 0 Å². The third kappa shape index (κ3) is 6.94. The SMILES string of the molecule is CCOC(=O)/C=C(\NC(=O)CN(CC)CC)C1C(c2ccccc2)=CCN1S(=O)(=O)c1ccc(C)cc1. The van der Waals surface area contributed by atoms with Crippen LogP contribution in [0.1, 0.15) is 31.9 Å². The first-order valence-corrected chi connectivity index (χ1v) is 13.9. The first-order chi connectivity index (χ1) is 17.7. The molecule has 0 bridgehead atoms. The minimum absolute atomic E-state index is 0.0805. The molecular formula is C28H35N3O5S. The fraction of sp³-hybridized carbons (Fsp3) is 0.357. The third-order valence-corrected chi connectivity index (χ3v) is 8.05. The molecule has 0 saturated heterocycles. The lowest BCUT2D eigenvalue weighted by molar-refractivity contribution is -0.137. The predicted molar refractivity (Wildman–Crippen MR) is 144 cm³/mol. The molecule has 0 aliphatic carbocycles. The zero-order valence-corrected chi connectivity index (χ0v) is 22.6. The molecule has 37 heavy (non-hydrogen) atoms. The number of amides is 1. The summed E-state index contributed by atoms with van der Waals surface area (Å²) in [5.74, 6) is -1.00. The number of rotatable bonds is 11. The molecule has 2 aromatic carbocycles. The maximum Gasteiger partial charge on any atom is 0.332 e. The van der Waals surface area contributed by atoms with Crippen molar-refractivity contribution >= 4 is 27.5 Å². The summed E-state index contributed by atoms with van der Waals surface area (Å²) in [6, 6.07) is 15.0. The smallest absolute Gasteiger partial charge is 0.332 e. The van der Waals surface area contributed by atoms with Crippen molar-refractivity contribution in [1.29, 1.82) is 0 Å². The normalized spacial score (nSPS) is 16.5. The molecule has 198 valence electrons. The van der Waals surface area contributed by atoms with Crippen molar-refractivity contribution in [3.63, 3.8) is 0 Å². The van der Waals surface area contributed by atoms with Crippen LogP contribution in [-0.4, -0.2) is 68.3 Å². The molecule has 0 spiro atoms. The summed E-state index contributed by atoms with van der Waals surface area (Å²) in [5, 5.41) is 2.84. The Morgan fingerprint density at radius 1 is 1.05 bits per heavy atom. The van der Waals surface area contributed by atoms with Crippen molar-refractivity contribution in [2.75, 3.05) is 32.8 Å². The zero-order valence-electron chi connectivity index (χ0n) is 21.8. The van der Waals surface area contributed by atoms with Gasteiger partial charge < -0.3 is 10.1 Å². The zero-order chi connectivity index (χ0) is 27.0. The lowest BCUT2D eigenvalue weighted by Crippen LogP contribution is -2.45. The number of nitrogens with zero attached hydrogens (tertiary/aromatic N) is 2. The van der Waals surface area contributed by atoms with Crippen molar-refractivity contribution in [2.24, 2.45) is 0 Å². The number of carbonyl (C=O) groups excluding carboxylic acids is 2. The van der Waals surface area contributed by atoms with Gasteiger partial charge in [0.25, 0.3) is 0 Å². The Hall–Kier alpha value is -3.27. The van der Waals surface area contributed by atoms with Crippen LogP contribution in [0.5, 0.6) is 0 Å². The molecule has 1 atom stereocenters. The van der Waals surface area contributed by atoms with Gasteiger partial charge in [-0.2, -0.15) is 4.31 Å². The van der Waals surface area contributed by atoms with Crippen LogP contribution >= 0.6 is 0 Å². The highest BCUT2D eigenvalue weighted by molar-refractivity contribution is 7.89. The van der Waals surface area contributed by atoms with Gasteiger partial charge in [-0.3, -0.25) is 9.69 Å². The van der Waals surface area contributed by atoms with Crippen LogP contribution in [0.25, 0.3) is 5.57 Å². The number of sulfonamides is 1. The Labute approximate surface area is 219 Å². The van der Waals surface area contributed by atoms with Gasteiger partial charge in [0, 0.05) is 18.3 Å². The maximum atomic E-state index is 13.8. The second kappa shape index (κ2) is 12.8. The van der Waals surface area contributed by atoms with E-state index in [1.54, 1.807) is 31.2 Å². The first-order valence-electron chi connectivity index (χ1n) is 12.5. The molecule has 1 N–H and O–H groups in total. The van der Waals surface area contributed by atoms with E-state index in [1.807, 2.05) is 62.1 Å². The third-order valence-electron chi connectivity index (χ3n) is 6.21. The quantitative estimate of drug-likeness (QED) is 0.357.